The molecule has 0 spiro atoms. The van der Waals surface area contributed by atoms with Crippen LogP contribution in [0.4, 0.5) is 4.79 Å². The Labute approximate surface area is 163 Å². The van der Waals surface area contributed by atoms with Crippen LogP contribution in [0.5, 0.6) is 0 Å². The van der Waals surface area contributed by atoms with Gasteiger partial charge in [0.05, 0.1) is 20.1 Å². The number of hydrogen-bond acceptors (Lipinski definition) is 6. The van der Waals surface area contributed by atoms with Crippen LogP contribution in [-0.2, 0) is 30.3 Å². The highest BCUT2D eigenvalue weighted by Crippen LogP contribution is 2.06. The van der Waals surface area contributed by atoms with Crippen molar-refractivity contribution in [3.63, 3.8) is 0 Å². The largest absolute Gasteiger partial charge is 0.481 e. The standard InChI is InChI=1S/C19H26N2O7/c1-3-4-10-28-19(26)21-14(12-16(22)23)17(24)20-15(18(25)27-2)11-13-8-6-5-7-9-13/h5-9,14-15H,3-4,10-12H2,1-2H3,(H,20,24)(H,21,26)(H,22,23). The predicted molar refractivity (Wildman–Crippen MR) is 99.5 cm³/mol. The number of unbranched alkanes of at least 4 members (excludes halogenated alkanes) is 1. The minimum absolute atomic E-state index is 0.153. The first kappa shape index (κ1) is 22.9. The molecule has 0 aromatic heterocycles. The normalized spacial score (nSPS) is 12.4. The highest BCUT2D eigenvalue weighted by molar-refractivity contribution is 5.92. The minimum Gasteiger partial charge on any atom is -0.481 e. The van der Waals surface area contributed by atoms with E-state index in [2.05, 4.69) is 10.6 Å². The number of benzene rings is 1. The number of nitrogens with one attached hydrogen (secondary N) is 2. The van der Waals surface area contributed by atoms with Gasteiger partial charge in [0.15, 0.2) is 0 Å². The highest BCUT2D eigenvalue weighted by Gasteiger charge is 2.29. The molecule has 0 radical (unpaired) electrons. The lowest BCUT2D eigenvalue weighted by atomic mass is 10.1. The number of hydrogen-bond donors (Lipinski definition) is 3. The molecule has 1 rings (SSSR count). The summed E-state index contributed by atoms with van der Waals surface area (Å²) in [5.74, 6) is -2.79. The first-order valence-electron chi connectivity index (χ1n) is 8.94. The summed E-state index contributed by atoms with van der Waals surface area (Å²) in [6.07, 6.45) is 0.0538. The van der Waals surface area contributed by atoms with E-state index in [1.807, 2.05) is 13.0 Å². The fraction of sp³-hybridized carbons (Fsp3) is 0.474. The summed E-state index contributed by atoms with van der Waals surface area (Å²) >= 11 is 0. The molecule has 3 N–H and O–H groups in total. The van der Waals surface area contributed by atoms with Gasteiger partial charge in [0.1, 0.15) is 12.1 Å². The van der Waals surface area contributed by atoms with Crippen molar-refractivity contribution < 1.29 is 33.8 Å². The van der Waals surface area contributed by atoms with Crippen LogP contribution in [0, 0.1) is 0 Å². The number of alkyl carbamates (subject to hydrolysis) is 1. The number of methoxy groups -OCH3 is 1. The van der Waals surface area contributed by atoms with Crippen molar-refractivity contribution >= 4 is 23.9 Å². The van der Waals surface area contributed by atoms with Crippen molar-refractivity contribution in [1.29, 1.82) is 0 Å². The summed E-state index contributed by atoms with van der Waals surface area (Å²) < 4.78 is 9.61. The number of aliphatic carboxylic acids is 1. The predicted octanol–water partition coefficient (Wildman–Crippen LogP) is 1.26. The lowest BCUT2D eigenvalue weighted by Crippen LogP contribution is -2.53. The van der Waals surface area contributed by atoms with Gasteiger partial charge in [-0.15, -0.1) is 0 Å². The quantitative estimate of drug-likeness (QED) is 0.380. The third kappa shape index (κ3) is 8.52. The first-order chi connectivity index (χ1) is 13.4. The molecule has 9 nitrogen and oxygen atoms in total. The fourth-order valence-corrected chi connectivity index (χ4v) is 2.33. The number of rotatable bonds is 11. The van der Waals surface area contributed by atoms with Crippen LogP contribution < -0.4 is 10.6 Å². The summed E-state index contributed by atoms with van der Waals surface area (Å²) in [4.78, 5) is 47.4. The van der Waals surface area contributed by atoms with E-state index in [0.717, 1.165) is 12.0 Å². The molecule has 1 aromatic rings. The van der Waals surface area contributed by atoms with E-state index >= 15 is 0 Å². The number of ether oxygens (including phenoxy) is 2. The van der Waals surface area contributed by atoms with Gasteiger partial charge in [0.25, 0.3) is 0 Å². The highest BCUT2D eigenvalue weighted by atomic mass is 16.5. The van der Waals surface area contributed by atoms with Crippen molar-refractivity contribution in [3.8, 4) is 0 Å². The second-order valence-electron chi connectivity index (χ2n) is 6.06. The molecule has 2 amide bonds. The maximum absolute atomic E-state index is 12.5. The van der Waals surface area contributed by atoms with Crippen LogP contribution in [0.3, 0.4) is 0 Å². The summed E-state index contributed by atoms with van der Waals surface area (Å²) in [6.45, 7) is 2.07. The number of carbonyl (C=O) groups excluding carboxylic acids is 3. The Bertz CT molecular complexity index is 664. The zero-order valence-electron chi connectivity index (χ0n) is 16.0. The van der Waals surface area contributed by atoms with Crippen molar-refractivity contribution in [3.05, 3.63) is 35.9 Å². The molecule has 0 saturated carbocycles. The van der Waals surface area contributed by atoms with Gasteiger partial charge in [-0.1, -0.05) is 43.7 Å². The van der Waals surface area contributed by atoms with Crippen LogP contribution in [0.2, 0.25) is 0 Å². The van der Waals surface area contributed by atoms with Gasteiger partial charge in [-0.2, -0.15) is 0 Å². The lowest BCUT2D eigenvalue weighted by molar-refractivity contribution is -0.145. The van der Waals surface area contributed by atoms with Crippen molar-refractivity contribution in [1.82, 2.24) is 10.6 Å². The van der Waals surface area contributed by atoms with E-state index in [0.29, 0.717) is 6.42 Å². The molecule has 154 valence electrons. The summed E-state index contributed by atoms with van der Waals surface area (Å²) in [5.41, 5.74) is 0.778. The van der Waals surface area contributed by atoms with Gasteiger partial charge in [-0.3, -0.25) is 9.59 Å². The van der Waals surface area contributed by atoms with Gasteiger partial charge < -0.3 is 25.2 Å². The third-order valence-electron chi connectivity index (χ3n) is 3.80. The molecule has 0 aliphatic heterocycles. The topological polar surface area (TPSA) is 131 Å². The summed E-state index contributed by atoms with van der Waals surface area (Å²) in [6, 6.07) is 6.51. The van der Waals surface area contributed by atoms with Crippen molar-refractivity contribution in [2.24, 2.45) is 0 Å². The van der Waals surface area contributed by atoms with E-state index < -0.39 is 42.4 Å². The van der Waals surface area contributed by atoms with E-state index in [4.69, 9.17) is 14.6 Å². The molecule has 0 saturated heterocycles. The van der Waals surface area contributed by atoms with Crippen LogP contribution in [0.15, 0.2) is 30.3 Å². The number of carboxylic acids is 1. The number of carboxylic acid groups (broad SMARTS) is 1. The number of carbonyl (C=O) groups is 4. The van der Waals surface area contributed by atoms with Crippen LogP contribution in [0.1, 0.15) is 31.7 Å². The number of esters is 1. The molecular formula is C19H26N2O7. The van der Waals surface area contributed by atoms with E-state index in [1.54, 1.807) is 24.3 Å². The minimum atomic E-state index is -1.39. The number of amides is 2. The van der Waals surface area contributed by atoms with Crippen LogP contribution in [0.25, 0.3) is 0 Å². The molecule has 0 fully saturated rings. The van der Waals surface area contributed by atoms with Crippen LogP contribution in [-0.4, -0.2) is 54.8 Å². The zero-order valence-corrected chi connectivity index (χ0v) is 16.0. The smallest absolute Gasteiger partial charge is 0.407 e. The Balaban J connectivity index is 2.81. The molecular weight excluding hydrogens is 368 g/mol. The Kier molecular flexibility index (Phi) is 10.1. The Morgan fingerprint density at radius 3 is 2.32 bits per heavy atom. The van der Waals surface area contributed by atoms with Gasteiger partial charge in [-0.25, -0.2) is 9.59 Å². The third-order valence-corrected chi connectivity index (χ3v) is 3.80. The lowest BCUT2D eigenvalue weighted by Gasteiger charge is -2.21. The molecule has 0 aliphatic carbocycles. The van der Waals surface area contributed by atoms with Crippen molar-refractivity contribution in [2.45, 2.75) is 44.7 Å². The Morgan fingerprint density at radius 1 is 1.07 bits per heavy atom. The first-order valence-corrected chi connectivity index (χ1v) is 8.94. The van der Waals surface area contributed by atoms with Crippen LogP contribution >= 0.6 is 0 Å². The van der Waals surface area contributed by atoms with Crippen molar-refractivity contribution in [2.75, 3.05) is 13.7 Å². The van der Waals surface area contributed by atoms with Gasteiger partial charge >= 0.3 is 18.0 Å². The molecule has 0 aliphatic rings. The maximum Gasteiger partial charge on any atom is 0.407 e. The van der Waals surface area contributed by atoms with Gasteiger partial charge in [0.2, 0.25) is 5.91 Å². The molecule has 0 heterocycles. The van der Waals surface area contributed by atoms with E-state index in [1.165, 1.54) is 7.11 Å². The van der Waals surface area contributed by atoms with E-state index in [9.17, 15) is 19.2 Å². The summed E-state index contributed by atoms with van der Waals surface area (Å²) in [5, 5.41) is 13.7. The fourth-order valence-electron chi connectivity index (χ4n) is 2.33. The average Bonchev–Trinajstić information content (AvgIpc) is 2.67. The Morgan fingerprint density at radius 2 is 1.75 bits per heavy atom. The second-order valence-corrected chi connectivity index (χ2v) is 6.06. The molecule has 28 heavy (non-hydrogen) atoms. The second kappa shape index (κ2) is 12.3. The molecule has 2 unspecified atom stereocenters. The summed E-state index contributed by atoms with van der Waals surface area (Å²) in [7, 11) is 1.19. The Hall–Kier alpha value is -3.10. The maximum atomic E-state index is 12.5. The van der Waals surface area contributed by atoms with Gasteiger partial charge in [0, 0.05) is 6.42 Å². The van der Waals surface area contributed by atoms with E-state index in [-0.39, 0.29) is 13.0 Å². The molecule has 2 atom stereocenters. The SMILES string of the molecule is CCCCOC(=O)NC(CC(=O)O)C(=O)NC(Cc1ccccc1)C(=O)OC. The average molecular weight is 394 g/mol. The molecule has 0 bridgehead atoms. The zero-order chi connectivity index (χ0) is 20.9. The molecule has 9 heteroatoms. The van der Waals surface area contributed by atoms with Gasteiger partial charge in [-0.05, 0) is 12.0 Å². The monoisotopic (exact) mass is 394 g/mol. The molecule has 1 aromatic carbocycles.